The lowest BCUT2D eigenvalue weighted by molar-refractivity contribution is -0.118. The van der Waals surface area contributed by atoms with Gasteiger partial charge in [-0.1, -0.05) is 74.0 Å². The number of benzene rings is 3. The molecule has 0 saturated heterocycles. The van der Waals surface area contributed by atoms with Crippen molar-refractivity contribution in [2.24, 2.45) is 5.41 Å². The van der Waals surface area contributed by atoms with Crippen LogP contribution in [-0.2, 0) is 14.8 Å². The van der Waals surface area contributed by atoms with E-state index in [1.54, 1.807) is 30.3 Å². The van der Waals surface area contributed by atoms with Crippen LogP contribution in [0.3, 0.4) is 0 Å². The number of hydrogen-bond acceptors (Lipinski definition) is 4. The molecule has 0 saturated carbocycles. The van der Waals surface area contributed by atoms with Gasteiger partial charge in [-0.05, 0) is 48.6 Å². The van der Waals surface area contributed by atoms with Crippen LogP contribution in [0.1, 0.15) is 43.9 Å². The third-order valence-corrected chi connectivity index (χ3v) is 8.34. The zero-order valence-electron chi connectivity index (χ0n) is 19.6. The zero-order chi connectivity index (χ0) is 24.1. The molecule has 6 heteroatoms. The molecule has 0 aromatic heterocycles. The molecule has 5 rings (SSSR count). The SMILES string of the molecule is Cc1ccc(S(=O)(=O)N2c3ccccc3NC3=C(C(=O)CC(C)(C)C3)[C@@H]2c2ccccc2)cc1. The summed E-state index contributed by atoms with van der Waals surface area (Å²) in [7, 11) is -4.01. The number of para-hydroxylation sites is 2. The molecule has 3 aromatic carbocycles. The van der Waals surface area contributed by atoms with Gasteiger partial charge in [0.1, 0.15) is 6.04 Å². The van der Waals surface area contributed by atoms with Crippen LogP contribution in [0.2, 0.25) is 0 Å². The summed E-state index contributed by atoms with van der Waals surface area (Å²) < 4.78 is 30.0. The minimum absolute atomic E-state index is 0.0236. The van der Waals surface area contributed by atoms with E-state index < -0.39 is 16.1 Å². The van der Waals surface area contributed by atoms with Crippen LogP contribution < -0.4 is 9.62 Å². The Labute approximate surface area is 201 Å². The van der Waals surface area contributed by atoms with Gasteiger partial charge in [0.15, 0.2) is 5.78 Å². The summed E-state index contributed by atoms with van der Waals surface area (Å²) in [6.45, 7) is 6.07. The van der Waals surface area contributed by atoms with Gasteiger partial charge >= 0.3 is 0 Å². The highest BCUT2D eigenvalue weighted by molar-refractivity contribution is 7.92. The molecule has 174 valence electrons. The first kappa shape index (κ1) is 22.4. The van der Waals surface area contributed by atoms with Crippen molar-refractivity contribution in [3.63, 3.8) is 0 Å². The summed E-state index contributed by atoms with van der Waals surface area (Å²) in [5.41, 5.74) is 4.04. The Morgan fingerprint density at radius 2 is 1.53 bits per heavy atom. The van der Waals surface area contributed by atoms with Crippen LogP contribution >= 0.6 is 0 Å². The first-order valence-corrected chi connectivity index (χ1v) is 12.9. The standard InChI is InChI=1S/C28H28N2O3S/c1-19-13-15-21(16-14-19)34(32,33)30-24-12-8-7-11-22(24)29-23-17-28(2,3)18-25(31)26(23)27(30)20-9-5-4-6-10-20/h4-16,27,29H,17-18H2,1-3H3/t27-/m0/s1. The van der Waals surface area contributed by atoms with Crippen LogP contribution in [0.4, 0.5) is 11.4 Å². The Kier molecular flexibility index (Phi) is 5.36. The molecule has 0 amide bonds. The van der Waals surface area contributed by atoms with E-state index in [0.717, 1.165) is 16.8 Å². The van der Waals surface area contributed by atoms with Gasteiger partial charge in [0, 0.05) is 17.7 Å². The van der Waals surface area contributed by atoms with Crippen LogP contribution in [0.25, 0.3) is 0 Å². The predicted octanol–water partition coefficient (Wildman–Crippen LogP) is 6.00. The number of sulfonamides is 1. The minimum atomic E-state index is -4.01. The minimum Gasteiger partial charge on any atom is -0.357 e. The van der Waals surface area contributed by atoms with Gasteiger partial charge in [-0.15, -0.1) is 0 Å². The molecule has 1 aliphatic carbocycles. The monoisotopic (exact) mass is 472 g/mol. The maximum absolute atomic E-state index is 14.3. The number of hydrogen-bond donors (Lipinski definition) is 1. The van der Waals surface area contributed by atoms with Crippen molar-refractivity contribution in [3.05, 3.63) is 101 Å². The second-order valence-corrected chi connectivity index (χ2v) is 11.7. The Hall–Kier alpha value is -3.38. The van der Waals surface area contributed by atoms with Crippen molar-refractivity contribution < 1.29 is 13.2 Å². The average molecular weight is 473 g/mol. The van der Waals surface area contributed by atoms with Crippen molar-refractivity contribution in [2.45, 2.75) is 44.6 Å². The molecule has 34 heavy (non-hydrogen) atoms. The van der Waals surface area contributed by atoms with E-state index >= 15 is 0 Å². The number of aryl methyl sites for hydroxylation is 1. The molecule has 3 aromatic rings. The summed E-state index contributed by atoms with van der Waals surface area (Å²) in [5.74, 6) is -0.0236. The molecule has 1 N–H and O–H groups in total. The lowest BCUT2D eigenvalue weighted by Gasteiger charge is -2.37. The normalized spacial score (nSPS) is 19.7. The molecule has 1 aliphatic heterocycles. The van der Waals surface area contributed by atoms with E-state index in [4.69, 9.17) is 0 Å². The lowest BCUT2D eigenvalue weighted by atomic mass is 9.73. The van der Waals surface area contributed by atoms with Gasteiger partial charge in [-0.25, -0.2) is 8.42 Å². The van der Waals surface area contributed by atoms with Gasteiger partial charge in [0.25, 0.3) is 10.0 Å². The van der Waals surface area contributed by atoms with Crippen LogP contribution in [0, 0.1) is 12.3 Å². The molecule has 0 bridgehead atoms. The van der Waals surface area contributed by atoms with Crippen LogP contribution in [0.5, 0.6) is 0 Å². The molecule has 5 nitrogen and oxygen atoms in total. The smallest absolute Gasteiger partial charge is 0.265 e. The van der Waals surface area contributed by atoms with Crippen LogP contribution in [0.15, 0.2) is 95.0 Å². The van der Waals surface area contributed by atoms with Crippen molar-refractivity contribution in [2.75, 3.05) is 9.62 Å². The molecule has 2 aliphatic rings. The third kappa shape index (κ3) is 3.82. The average Bonchev–Trinajstić information content (AvgIpc) is 2.93. The van der Waals surface area contributed by atoms with E-state index in [-0.39, 0.29) is 16.1 Å². The Morgan fingerprint density at radius 1 is 0.882 bits per heavy atom. The fraction of sp³-hybridized carbons (Fsp3) is 0.250. The van der Waals surface area contributed by atoms with E-state index in [1.807, 2.05) is 55.5 Å². The molecular weight excluding hydrogens is 444 g/mol. The van der Waals surface area contributed by atoms with Crippen molar-refractivity contribution in [3.8, 4) is 0 Å². The quantitative estimate of drug-likeness (QED) is 0.508. The molecular formula is C28H28N2O3S. The number of Topliss-reactive ketones (excluding diaryl/α,β-unsaturated/α-hetero) is 1. The first-order chi connectivity index (χ1) is 16.2. The second-order valence-electron chi connectivity index (χ2n) is 9.90. The Morgan fingerprint density at radius 3 is 2.24 bits per heavy atom. The number of ketones is 1. The maximum atomic E-state index is 14.3. The molecule has 0 fully saturated rings. The largest absolute Gasteiger partial charge is 0.357 e. The van der Waals surface area contributed by atoms with E-state index in [1.165, 1.54) is 4.31 Å². The fourth-order valence-electron chi connectivity index (χ4n) is 4.98. The van der Waals surface area contributed by atoms with E-state index in [0.29, 0.717) is 29.8 Å². The van der Waals surface area contributed by atoms with E-state index in [2.05, 4.69) is 19.2 Å². The molecule has 0 unspecified atom stereocenters. The highest BCUT2D eigenvalue weighted by Crippen LogP contribution is 2.49. The highest BCUT2D eigenvalue weighted by Gasteiger charge is 2.45. The number of allylic oxidation sites excluding steroid dienone is 1. The van der Waals surface area contributed by atoms with Crippen molar-refractivity contribution in [1.82, 2.24) is 0 Å². The van der Waals surface area contributed by atoms with Gasteiger partial charge in [0.2, 0.25) is 0 Å². The molecule has 1 heterocycles. The molecule has 1 atom stereocenters. The number of carbonyl (C=O) groups is 1. The van der Waals surface area contributed by atoms with Crippen molar-refractivity contribution in [1.29, 1.82) is 0 Å². The van der Waals surface area contributed by atoms with E-state index in [9.17, 15) is 13.2 Å². The Balaban J connectivity index is 1.83. The number of nitrogens with one attached hydrogen (secondary N) is 1. The maximum Gasteiger partial charge on any atom is 0.265 e. The van der Waals surface area contributed by atoms with Crippen LogP contribution in [-0.4, -0.2) is 14.2 Å². The summed E-state index contributed by atoms with van der Waals surface area (Å²) in [5, 5.41) is 3.46. The predicted molar refractivity (Wildman–Crippen MR) is 135 cm³/mol. The number of rotatable bonds is 3. The number of carbonyl (C=O) groups excluding carboxylic acids is 1. The number of fused-ring (bicyclic) bond motifs is 1. The summed E-state index contributed by atoms with van der Waals surface area (Å²) in [6, 6.07) is 22.9. The molecule has 0 spiro atoms. The summed E-state index contributed by atoms with van der Waals surface area (Å²) in [4.78, 5) is 13.9. The first-order valence-electron chi connectivity index (χ1n) is 11.5. The number of anilines is 2. The zero-order valence-corrected chi connectivity index (χ0v) is 20.4. The topological polar surface area (TPSA) is 66.5 Å². The summed E-state index contributed by atoms with van der Waals surface area (Å²) in [6.07, 6.45) is 1.02. The molecule has 0 radical (unpaired) electrons. The van der Waals surface area contributed by atoms with Gasteiger partial charge < -0.3 is 5.32 Å². The lowest BCUT2D eigenvalue weighted by Crippen LogP contribution is -2.39. The van der Waals surface area contributed by atoms with Crippen molar-refractivity contribution >= 4 is 27.2 Å². The van der Waals surface area contributed by atoms with Gasteiger partial charge in [0.05, 0.1) is 16.3 Å². The fourth-order valence-corrected chi connectivity index (χ4v) is 6.61. The second kappa shape index (κ2) is 8.13. The third-order valence-electron chi connectivity index (χ3n) is 6.55. The highest BCUT2D eigenvalue weighted by atomic mass is 32.2. The van der Waals surface area contributed by atoms with Gasteiger partial charge in [-0.3, -0.25) is 9.10 Å². The van der Waals surface area contributed by atoms with Gasteiger partial charge in [-0.2, -0.15) is 0 Å². The Bertz CT molecular complexity index is 1390. The number of nitrogens with zero attached hydrogens (tertiary/aromatic N) is 1. The summed E-state index contributed by atoms with van der Waals surface area (Å²) >= 11 is 0.